The number of ether oxygens (including phenoxy) is 1. The zero-order chi connectivity index (χ0) is 9.57. The fraction of sp³-hybridized carbons (Fsp3) is 0.875. The van der Waals surface area contributed by atoms with Gasteiger partial charge in [0.25, 0.3) is 0 Å². The summed E-state index contributed by atoms with van der Waals surface area (Å²) in [4.78, 5) is 11.2. The van der Waals surface area contributed by atoms with Gasteiger partial charge in [-0.2, -0.15) is 0 Å². The van der Waals surface area contributed by atoms with Crippen molar-refractivity contribution in [3.8, 4) is 0 Å². The van der Waals surface area contributed by atoms with Crippen molar-refractivity contribution in [3.05, 3.63) is 0 Å². The van der Waals surface area contributed by atoms with Crippen LogP contribution in [0.1, 0.15) is 27.7 Å². The average molecular weight is 172 g/mol. The van der Waals surface area contributed by atoms with Gasteiger partial charge in [0.1, 0.15) is 12.1 Å². The van der Waals surface area contributed by atoms with Crippen LogP contribution < -0.4 is 0 Å². The summed E-state index contributed by atoms with van der Waals surface area (Å²) in [6, 6.07) is 0. The van der Waals surface area contributed by atoms with Crippen LogP contribution in [0.15, 0.2) is 0 Å². The molecule has 0 aliphatic carbocycles. The Hall–Kier alpha value is -0.610. The molecular weight excluding hydrogens is 158 g/mol. The molecule has 0 N–H and O–H groups in total. The molecule has 0 amide bonds. The molecule has 0 atom stereocenters. The highest BCUT2D eigenvalue weighted by atomic mass is 16.6. The van der Waals surface area contributed by atoms with Gasteiger partial charge >= 0.3 is 5.97 Å². The quantitative estimate of drug-likeness (QED) is 0.506. The number of morpholine rings is 1. The van der Waals surface area contributed by atoms with E-state index >= 15 is 0 Å². The van der Waals surface area contributed by atoms with Crippen molar-refractivity contribution in [2.45, 2.75) is 38.8 Å². The fourth-order valence-electron chi connectivity index (χ4n) is 1.32. The number of nitrogens with zero attached hydrogens (tertiary/aromatic N) is 1. The Morgan fingerprint density at radius 1 is 1.33 bits per heavy atom. The SMILES string of the molecule is CC1(C)COC(=O)C(C)(C)N1[O]. The van der Waals surface area contributed by atoms with Crippen LogP contribution in [-0.4, -0.2) is 28.7 Å². The molecule has 0 aromatic rings. The summed E-state index contributed by atoms with van der Waals surface area (Å²) in [5.74, 6) is -0.447. The molecule has 1 radical (unpaired) electrons. The normalized spacial score (nSPS) is 28.2. The molecule has 0 aromatic carbocycles. The number of rotatable bonds is 0. The van der Waals surface area contributed by atoms with Crippen LogP contribution in [-0.2, 0) is 14.7 Å². The minimum atomic E-state index is -1.05. The number of carbonyl (C=O) groups is 1. The van der Waals surface area contributed by atoms with E-state index in [1.54, 1.807) is 27.7 Å². The summed E-state index contributed by atoms with van der Waals surface area (Å²) in [6.07, 6.45) is 0. The van der Waals surface area contributed by atoms with Gasteiger partial charge in [0.2, 0.25) is 0 Å². The van der Waals surface area contributed by atoms with Crippen molar-refractivity contribution in [2.75, 3.05) is 6.61 Å². The van der Waals surface area contributed by atoms with Crippen LogP contribution in [0.25, 0.3) is 0 Å². The van der Waals surface area contributed by atoms with E-state index in [2.05, 4.69) is 0 Å². The van der Waals surface area contributed by atoms with Gasteiger partial charge in [-0.05, 0) is 27.7 Å². The maximum Gasteiger partial charge on any atom is 0.328 e. The predicted octanol–water partition coefficient (Wildman–Crippen LogP) is 0.748. The molecular formula is C8H14NO3. The second kappa shape index (κ2) is 2.44. The highest BCUT2D eigenvalue weighted by Crippen LogP contribution is 2.29. The molecule has 1 fully saturated rings. The molecule has 1 aliphatic rings. The van der Waals surface area contributed by atoms with Gasteiger partial charge in [0.15, 0.2) is 0 Å². The molecule has 1 heterocycles. The first-order valence-electron chi connectivity index (χ1n) is 3.93. The summed E-state index contributed by atoms with van der Waals surface area (Å²) in [5, 5.41) is 12.4. The topological polar surface area (TPSA) is 49.4 Å². The zero-order valence-electron chi connectivity index (χ0n) is 7.88. The highest BCUT2D eigenvalue weighted by molar-refractivity contribution is 5.80. The maximum atomic E-state index is 11.6. The summed E-state index contributed by atoms with van der Waals surface area (Å²) in [5.41, 5.74) is -1.67. The highest BCUT2D eigenvalue weighted by Gasteiger charge is 2.49. The van der Waals surface area contributed by atoms with Crippen LogP contribution in [0.4, 0.5) is 0 Å². The molecule has 4 heteroatoms. The zero-order valence-corrected chi connectivity index (χ0v) is 7.88. The van der Waals surface area contributed by atoms with Crippen molar-refractivity contribution in [2.24, 2.45) is 0 Å². The van der Waals surface area contributed by atoms with E-state index in [-0.39, 0.29) is 6.61 Å². The van der Waals surface area contributed by atoms with Gasteiger partial charge in [0.05, 0.1) is 5.54 Å². The second-order valence-corrected chi connectivity index (χ2v) is 4.24. The third-order valence-corrected chi connectivity index (χ3v) is 2.11. The van der Waals surface area contributed by atoms with E-state index in [9.17, 15) is 10.0 Å². The van der Waals surface area contributed by atoms with Crippen molar-refractivity contribution >= 4 is 5.97 Å². The molecule has 69 valence electrons. The van der Waals surface area contributed by atoms with Crippen LogP contribution in [0.2, 0.25) is 0 Å². The first-order valence-corrected chi connectivity index (χ1v) is 3.93. The van der Waals surface area contributed by atoms with Gasteiger partial charge in [-0.25, -0.2) is 4.79 Å². The Morgan fingerprint density at radius 3 is 2.25 bits per heavy atom. The molecule has 0 saturated carbocycles. The van der Waals surface area contributed by atoms with Crippen LogP contribution >= 0.6 is 0 Å². The minimum Gasteiger partial charge on any atom is -0.462 e. The Kier molecular flexibility index (Phi) is 1.92. The van der Waals surface area contributed by atoms with Gasteiger partial charge in [-0.1, -0.05) is 0 Å². The number of cyclic esters (lactones) is 1. The summed E-state index contributed by atoms with van der Waals surface area (Å²) in [6.45, 7) is 6.83. The van der Waals surface area contributed by atoms with Crippen LogP contribution in [0.5, 0.6) is 0 Å². The molecule has 1 rings (SSSR count). The maximum absolute atomic E-state index is 11.6. The molecule has 0 bridgehead atoms. The monoisotopic (exact) mass is 172 g/mol. The number of hydrogen-bond donors (Lipinski definition) is 0. The van der Waals surface area contributed by atoms with Crippen LogP contribution in [0.3, 0.4) is 0 Å². The van der Waals surface area contributed by atoms with Gasteiger partial charge < -0.3 is 4.74 Å². The lowest BCUT2D eigenvalue weighted by molar-refractivity contribution is -0.298. The van der Waals surface area contributed by atoms with Crippen LogP contribution in [0, 0.1) is 0 Å². The third kappa shape index (κ3) is 1.21. The van der Waals surface area contributed by atoms with Crippen molar-refractivity contribution < 1.29 is 14.7 Å². The van der Waals surface area contributed by atoms with Gasteiger partial charge in [-0.3, -0.25) is 0 Å². The fourth-order valence-corrected chi connectivity index (χ4v) is 1.32. The first kappa shape index (κ1) is 9.48. The number of carbonyl (C=O) groups excluding carboxylic acids is 1. The largest absolute Gasteiger partial charge is 0.462 e. The van der Waals surface area contributed by atoms with Crippen molar-refractivity contribution in [3.63, 3.8) is 0 Å². The van der Waals surface area contributed by atoms with E-state index < -0.39 is 17.0 Å². The molecule has 4 nitrogen and oxygen atoms in total. The molecule has 1 saturated heterocycles. The van der Waals surface area contributed by atoms with E-state index in [0.29, 0.717) is 0 Å². The molecule has 0 unspecified atom stereocenters. The standard InChI is InChI=1S/C8H14NO3/c1-7(2)5-12-6(10)8(3,4)9(7)11/h5H2,1-4H3. The van der Waals surface area contributed by atoms with Crippen molar-refractivity contribution in [1.82, 2.24) is 5.06 Å². The smallest absolute Gasteiger partial charge is 0.328 e. The van der Waals surface area contributed by atoms with Gasteiger partial charge in [0, 0.05) is 0 Å². The first-order chi connectivity index (χ1) is 5.28. The average Bonchev–Trinajstić information content (AvgIpc) is 1.96. The molecule has 12 heavy (non-hydrogen) atoms. The number of hydroxylamine groups is 2. The summed E-state index contributed by atoms with van der Waals surface area (Å²) >= 11 is 0. The third-order valence-electron chi connectivity index (χ3n) is 2.11. The lowest BCUT2D eigenvalue weighted by Gasteiger charge is -2.44. The molecule has 0 spiro atoms. The lowest BCUT2D eigenvalue weighted by Crippen LogP contribution is -2.63. The predicted molar refractivity (Wildman–Crippen MR) is 41.6 cm³/mol. The minimum absolute atomic E-state index is 0.165. The Morgan fingerprint density at radius 2 is 1.83 bits per heavy atom. The Bertz CT molecular complexity index is 210. The summed E-state index contributed by atoms with van der Waals surface area (Å²) < 4.78 is 4.90. The van der Waals surface area contributed by atoms with E-state index in [1.165, 1.54) is 0 Å². The molecule has 1 aliphatic heterocycles. The summed E-state index contributed by atoms with van der Waals surface area (Å²) in [7, 11) is 0. The Balaban J connectivity index is 2.93. The van der Waals surface area contributed by atoms with E-state index in [0.717, 1.165) is 5.06 Å². The lowest BCUT2D eigenvalue weighted by atomic mass is 9.94. The van der Waals surface area contributed by atoms with E-state index in [4.69, 9.17) is 4.74 Å². The van der Waals surface area contributed by atoms with Crippen molar-refractivity contribution in [1.29, 1.82) is 0 Å². The number of hydrogen-bond acceptors (Lipinski definition) is 3. The Labute approximate surface area is 72.1 Å². The molecule has 0 aromatic heterocycles. The van der Waals surface area contributed by atoms with E-state index in [1.807, 2.05) is 0 Å². The number of esters is 1. The van der Waals surface area contributed by atoms with Gasteiger partial charge in [-0.15, -0.1) is 10.3 Å². The second-order valence-electron chi connectivity index (χ2n) is 4.24.